The van der Waals surface area contributed by atoms with Gasteiger partial charge in [-0.05, 0) is 41.2 Å². The van der Waals surface area contributed by atoms with Crippen LogP contribution in [0.4, 0.5) is 4.39 Å². The van der Waals surface area contributed by atoms with Crippen molar-refractivity contribution in [2.45, 2.75) is 39.5 Å². The van der Waals surface area contributed by atoms with Gasteiger partial charge in [-0.1, -0.05) is 45.9 Å². The second-order valence-corrected chi connectivity index (χ2v) is 6.84. The Bertz CT molecular complexity index is 849. The zero-order valence-electron chi connectivity index (χ0n) is 17.1. The molecule has 2 rings (SSSR count). The third-order valence-corrected chi connectivity index (χ3v) is 4.11. The van der Waals surface area contributed by atoms with Gasteiger partial charge in [0.2, 0.25) is 0 Å². The molecule has 148 valence electrons. The Kier molecular flexibility index (Phi) is 9.71. The highest BCUT2D eigenvalue weighted by molar-refractivity contribution is 5.46. The maximum atomic E-state index is 13.3. The van der Waals surface area contributed by atoms with Crippen LogP contribution in [0.2, 0.25) is 0 Å². The van der Waals surface area contributed by atoms with Gasteiger partial charge in [-0.3, -0.25) is 0 Å². The lowest BCUT2D eigenvalue weighted by molar-refractivity contribution is 0.146. The SMILES string of the molecule is CC(C)c1cccc(C#N)c1F.COCCOc1ccc(C(C)C)cc1C#N. The Morgan fingerprint density at radius 3 is 2.14 bits per heavy atom. The number of nitrogens with zero attached hydrogens (tertiary/aromatic N) is 2. The van der Waals surface area contributed by atoms with E-state index >= 15 is 0 Å². The summed E-state index contributed by atoms with van der Waals surface area (Å²) in [5.41, 5.74) is 2.47. The van der Waals surface area contributed by atoms with Crippen LogP contribution in [-0.4, -0.2) is 20.3 Å². The van der Waals surface area contributed by atoms with Gasteiger partial charge in [-0.2, -0.15) is 10.5 Å². The monoisotopic (exact) mass is 382 g/mol. The number of hydrogen-bond donors (Lipinski definition) is 0. The summed E-state index contributed by atoms with van der Waals surface area (Å²) in [7, 11) is 1.62. The number of hydrogen-bond acceptors (Lipinski definition) is 4. The molecule has 0 N–H and O–H groups in total. The molecule has 0 saturated heterocycles. The van der Waals surface area contributed by atoms with Crippen molar-refractivity contribution in [3.8, 4) is 17.9 Å². The molecule has 2 aromatic rings. The van der Waals surface area contributed by atoms with E-state index in [0.717, 1.165) is 5.56 Å². The molecule has 4 nitrogen and oxygen atoms in total. The fourth-order valence-electron chi connectivity index (χ4n) is 2.44. The van der Waals surface area contributed by atoms with Crippen LogP contribution >= 0.6 is 0 Å². The molecule has 0 amide bonds. The van der Waals surface area contributed by atoms with Crippen molar-refractivity contribution in [3.63, 3.8) is 0 Å². The molecule has 28 heavy (non-hydrogen) atoms. The van der Waals surface area contributed by atoms with Crippen molar-refractivity contribution in [3.05, 3.63) is 64.5 Å². The van der Waals surface area contributed by atoms with Gasteiger partial charge >= 0.3 is 0 Å². The Hall–Kier alpha value is -2.89. The Balaban J connectivity index is 0.000000292. The lowest BCUT2D eigenvalue weighted by Gasteiger charge is -2.10. The van der Waals surface area contributed by atoms with Gasteiger partial charge in [0.15, 0.2) is 0 Å². The average molecular weight is 382 g/mol. The first kappa shape index (κ1) is 23.1. The minimum atomic E-state index is -0.380. The van der Waals surface area contributed by atoms with Crippen LogP contribution in [-0.2, 0) is 4.74 Å². The number of halogens is 1. The molecule has 0 bridgehead atoms. The van der Waals surface area contributed by atoms with Crippen molar-refractivity contribution in [2.75, 3.05) is 20.3 Å². The second-order valence-electron chi connectivity index (χ2n) is 6.84. The van der Waals surface area contributed by atoms with Gasteiger partial charge in [0, 0.05) is 7.11 Å². The molecule has 0 aliphatic rings. The summed E-state index contributed by atoms with van der Waals surface area (Å²) in [5, 5.41) is 17.6. The minimum absolute atomic E-state index is 0.123. The quantitative estimate of drug-likeness (QED) is 0.616. The first-order valence-corrected chi connectivity index (χ1v) is 9.19. The predicted octanol–water partition coefficient (Wildman–Crippen LogP) is 5.53. The number of nitriles is 2. The fourth-order valence-corrected chi connectivity index (χ4v) is 2.44. The third-order valence-electron chi connectivity index (χ3n) is 4.11. The lowest BCUT2D eigenvalue weighted by atomic mass is 10.0. The van der Waals surface area contributed by atoms with Crippen LogP contribution in [0, 0.1) is 28.5 Å². The molecule has 0 saturated carbocycles. The molecule has 2 aromatic carbocycles. The summed E-state index contributed by atoms with van der Waals surface area (Å²) in [4.78, 5) is 0. The molecule has 0 fully saturated rings. The zero-order valence-corrected chi connectivity index (χ0v) is 17.1. The molecular weight excluding hydrogens is 355 g/mol. The van der Waals surface area contributed by atoms with Gasteiger partial charge in [0.05, 0.1) is 17.7 Å². The molecule has 0 aromatic heterocycles. The smallest absolute Gasteiger partial charge is 0.144 e. The average Bonchev–Trinajstić information content (AvgIpc) is 2.68. The van der Waals surface area contributed by atoms with Crippen LogP contribution < -0.4 is 4.74 Å². The highest BCUT2D eigenvalue weighted by atomic mass is 19.1. The summed E-state index contributed by atoms with van der Waals surface area (Å²) < 4.78 is 23.6. The van der Waals surface area contributed by atoms with Gasteiger partial charge in [0.1, 0.15) is 30.3 Å². The number of benzene rings is 2. The van der Waals surface area contributed by atoms with Crippen LogP contribution in [0.15, 0.2) is 36.4 Å². The largest absolute Gasteiger partial charge is 0.490 e. The van der Waals surface area contributed by atoms with E-state index in [1.807, 2.05) is 38.1 Å². The normalized spacial score (nSPS) is 10.1. The summed E-state index contributed by atoms with van der Waals surface area (Å²) in [6.07, 6.45) is 0. The van der Waals surface area contributed by atoms with E-state index in [4.69, 9.17) is 20.0 Å². The van der Waals surface area contributed by atoms with Gasteiger partial charge < -0.3 is 9.47 Å². The van der Waals surface area contributed by atoms with E-state index in [2.05, 4.69) is 19.9 Å². The Morgan fingerprint density at radius 1 is 0.929 bits per heavy atom. The van der Waals surface area contributed by atoms with E-state index in [-0.39, 0.29) is 17.3 Å². The summed E-state index contributed by atoms with van der Waals surface area (Å²) in [6.45, 7) is 8.99. The Labute approximate surface area is 167 Å². The Morgan fingerprint density at radius 2 is 1.61 bits per heavy atom. The van der Waals surface area contributed by atoms with E-state index in [1.54, 1.807) is 19.2 Å². The second kappa shape index (κ2) is 11.7. The fraction of sp³-hybridized carbons (Fsp3) is 0.391. The van der Waals surface area contributed by atoms with Crippen LogP contribution in [0.25, 0.3) is 0 Å². The van der Waals surface area contributed by atoms with Crippen molar-refractivity contribution >= 4 is 0 Å². The summed E-state index contributed by atoms with van der Waals surface area (Å²) >= 11 is 0. The van der Waals surface area contributed by atoms with Gasteiger partial charge in [0.25, 0.3) is 0 Å². The summed E-state index contributed by atoms with van der Waals surface area (Å²) in [6, 6.07) is 14.6. The van der Waals surface area contributed by atoms with E-state index < -0.39 is 0 Å². The highest BCUT2D eigenvalue weighted by Gasteiger charge is 2.09. The maximum Gasteiger partial charge on any atom is 0.144 e. The molecule has 0 aliphatic carbocycles. The first-order valence-electron chi connectivity index (χ1n) is 9.19. The topological polar surface area (TPSA) is 66.0 Å². The summed E-state index contributed by atoms with van der Waals surface area (Å²) in [5.74, 6) is 0.789. The molecule has 0 heterocycles. The van der Waals surface area contributed by atoms with Gasteiger partial charge in [-0.15, -0.1) is 0 Å². The molecular formula is C23H27FN2O2. The third kappa shape index (κ3) is 6.68. The van der Waals surface area contributed by atoms with E-state index in [1.165, 1.54) is 6.07 Å². The van der Waals surface area contributed by atoms with E-state index in [9.17, 15) is 4.39 Å². The van der Waals surface area contributed by atoms with Crippen LogP contribution in [0.3, 0.4) is 0 Å². The maximum absolute atomic E-state index is 13.3. The van der Waals surface area contributed by atoms with Crippen molar-refractivity contribution in [2.24, 2.45) is 0 Å². The first-order chi connectivity index (χ1) is 13.3. The van der Waals surface area contributed by atoms with E-state index in [0.29, 0.717) is 36.0 Å². The van der Waals surface area contributed by atoms with Gasteiger partial charge in [-0.25, -0.2) is 4.39 Å². The number of rotatable bonds is 6. The van der Waals surface area contributed by atoms with Crippen LogP contribution in [0.1, 0.15) is 61.8 Å². The van der Waals surface area contributed by atoms with Crippen LogP contribution in [0.5, 0.6) is 5.75 Å². The molecule has 0 unspecified atom stereocenters. The molecule has 0 radical (unpaired) electrons. The molecule has 0 aliphatic heterocycles. The lowest BCUT2D eigenvalue weighted by Crippen LogP contribution is -2.05. The minimum Gasteiger partial charge on any atom is -0.490 e. The molecule has 0 spiro atoms. The number of methoxy groups -OCH3 is 1. The standard InChI is InChI=1S/C13H17NO2.C10H10FN/c1-10(2)11-4-5-13(12(8-11)9-14)16-7-6-15-3;1-7(2)9-5-3-4-8(6-12)10(9)11/h4-5,8,10H,6-7H2,1-3H3;3-5,7H,1-2H3. The number of ether oxygens (including phenoxy) is 2. The zero-order chi connectivity index (χ0) is 21.1. The van der Waals surface area contributed by atoms with Crippen molar-refractivity contribution in [1.29, 1.82) is 10.5 Å². The predicted molar refractivity (Wildman–Crippen MR) is 108 cm³/mol. The molecule has 0 atom stereocenters. The highest BCUT2D eigenvalue weighted by Crippen LogP contribution is 2.23. The van der Waals surface area contributed by atoms with Crippen molar-refractivity contribution < 1.29 is 13.9 Å². The van der Waals surface area contributed by atoms with Crippen molar-refractivity contribution in [1.82, 2.24) is 0 Å². The molecule has 5 heteroatoms.